The molecule has 2 aliphatic heterocycles. The van der Waals surface area contributed by atoms with Crippen molar-refractivity contribution in [1.82, 2.24) is 15.1 Å². The summed E-state index contributed by atoms with van der Waals surface area (Å²) in [6, 6.07) is 5.99. The molecule has 0 radical (unpaired) electrons. The van der Waals surface area contributed by atoms with Crippen LogP contribution in [0.15, 0.2) is 18.2 Å². The number of rotatable bonds is 4. The van der Waals surface area contributed by atoms with Gasteiger partial charge in [0, 0.05) is 31.6 Å². The van der Waals surface area contributed by atoms with E-state index in [-0.39, 0.29) is 11.6 Å². The van der Waals surface area contributed by atoms with Crippen LogP contribution in [0.25, 0.3) is 0 Å². The van der Waals surface area contributed by atoms with Gasteiger partial charge in [-0.15, -0.1) is 0 Å². The number of likely N-dealkylation sites (N-methyl/N-ethyl adjacent to an activating group) is 1. The molecule has 0 atom stereocenters. The Balaban J connectivity index is 1.45. The third kappa shape index (κ3) is 4.57. The first-order valence-electron chi connectivity index (χ1n) is 9.10. The number of nitrogens with zero attached hydrogens (tertiary/aromatic N) is 2. The highest BCUT2D eigenvalue weighted by molar-refractivity contribution is 5.74. The van der Waals surface area contributed by atoms with Crippen molar-refractivity contribution in [1.29, 1.82) is 0 Å². The van der Waals surface area contributed by atoms with Gasteiger partial charge in [0.1, 0.15) is 12.2 Å². The molecule has 0 spiro atoms. The standard InChI is InChI=1S/C19H29N3O3/c1-19(2)14-15-6-4-7-16(17(15)25-19)24-13-8-20-18(23)22-10-5-9-21(3)11-12-22/h4,6-7H,5,8-14H2,1-3H3,(H,20,23). The SMILES string of the molecule is CN1CCCN(C(=O)NCCOc2cccc3c2OC(C)(C)C3)CC1. The molecule has 1 saturated heterocycles. The molecule has 1 aromatic carbocycles. The summed E-state index contributed by atoms with van der Waals surface area (Å²) in [5.41, 5.74) is 0.996. The first-order chi connectivity index (χ1) is 11.9. The summed E-state index contributed by atoms with van der Waals surface area (Å²) in [6.07, 6.45) is 1.91. The van der Waals surface area contributed by atoms with Crippen molar-refractivity contribution in [2.45, 2.75) is 32.3 Å². The topological polar surface area (TPSA) is 54.0 Å². The summed E-state index contributed by atoms with van der Waals surface area (Å²) in [5.74, 6) is 1.60. The molecule has 1 fully saturated rings. The van der Waals surface area contributed by atoms with Crippen molar-refractivity contribution in [3.63, 3.8) is 0 Å². The van der Waals surface area contributed by atoms with E-state index in [9.17, 15) is 4.79 Å². The van der Waals surface area contributed by atoms with Crippen LogP contribution in [0.2, 0.25) is 0 Å². The molecule has 0 aliphatic carbocycles. The van der Waals surface area contributed by atoms with Crippen LogP contribution in [0.3, 0.4) is 0 Å². The van der Waals surface area contributed by atoms with Crippen LogP contribution in [0.5, 0.6) is 11.5 Å². The Labute approximate surface area is 150 Å². The summed E-state index contributed by atoms with van der Waals surface area (Å²) in [4.78, 5) is 16.4. The maximum Gasteiger partial charge on any atom is 0.317 e. The molecule has 1 N–H and O–H groups in total. The third-order valence-corrected chi connectivity index (χ3v) is 4.70. The minimum Gasteiger partial charge on any atom is -0.488 e. The second-order valence-electron chi connectivity index (χ2n) is 7.51. The van der Waals surface area contributed by atoms with Crippen LogP contribution in [-0.4, -0.2) is 67.8 Å². The molecule has 0 bridgehead atoms. The molecule has 2 amide bonds. The Morgan fingerprint density at radius 2 is 2.12 bits per heavy atom. The normalized spacial score (nSPS) is 19.7. The lowest BCUT2D eigenvalue weighted by molar-refractivity contribution is 0.132. The minimum atomic E-state index is -0.185. The Morgan fingerprint density at radius 1 is 1.28 bits per heavy atom. The summed E-state index contributed by atoms with van der Waals surface area (Å²) in [7, 11) is 2.09. The molecule has 1 aromatic rings. The van der Waals surface area contributed by atoms with Gasteiger partial charge in [-0.25, -0.2) is 4.79 Å². The molecule has 138 valence electrons. The van der Waals surface area contributed by atoms with Gasteiger partial charge < -0.3 is 24.6 Å². The monoisotopic (exact) mass is 347 g/mol. The maximum atomic E-state index is 12.3. The zero-order chi connectivity index (χ0) is 17.9. The first kappa shape index (κ1) is 17.9. The number of hydrogen-bond acceptors (Lipinski definition) is 4. The highest BCUT2D eigenvalue weighted by Gasteiger charge is 2.32. The molecular weight excluding hydrogens is 318 g/mol. The Kier molecular flexibility index (Phi) is 5.37. The molecule has 2 heterocycles. The molecule has 2 aliphatic rings. The average Bonchev–Trinajstić information content (AvgIpc) is 2.73. The highest BCUT2D eigenvalue weighted by atomic mass is 16.5. The van der Waals surface area contributed by atoms with E-state index < -0.39 is 0 Å². The average molecular weight is 347 g/mol. The van der Waals surface area contributed by atoms with E-state index in [4.69, 9.17) is 9.47 Å². The van der Waals surface area contributed by atoms with Crippen LogP contribution < -0.4 is 14.8 Å². The van der Waals surface area contributed by atoms with E-state index >= 15 is 0 Å². The largest absolute Gasteiger partial charge is 0.488 e. The zero-order valence-corrected chi connectivity index (χ0v) is 15.5. The van der Waals surface area contributed by atoms with Gasteiger partial charge in [-0.1, -0.05) is 12.1 Å². The molecule has 0 saturated carbocycles. The first-order valence-corrected chi connectivity index (χ1v) is 9.10. The highest BCUT2D eigenvalue weighted by Crippen LogP contribution is 2.41. The Hall–Kier alpha value is -1.95. The number of hydrogen-bond donors (Lipinski definition) is 1. The summed E-state index contributed by atoms with van der Waals surface area (Å²) < 4.78 is 11.9. The number of carbonyl (C=O) groups is 1. The van der Waals surface area contributed by atoms with Gasteiger partial charge in [0.25, 0.3) is 0 Å². The molecule has 6 nitrogen and oxygen atoms in total. The molecule has 3 rings (SSSR count). The summed E-state index contributed by atoms with van der Waals surface area (Å²) in [6.45, 7) is 8.63. The van der Waals surface area contributed by atoms with Crippen molar-refractivity contribution in [2.75, 3.05) is 46.4 Å². The fourth-order valence-electron chi connectivity index (χ4n) is 3.38. The van der Waals surface area contributed by atoms with E-state index in [2.05, 4.69) is 37.2 Å². The lowest BCUT2D eigenvalue weighted by atomic mass is 10.0. The van der Waals surface area contributed by atoms with Gasteiger partial charge >= 0.3 is 6.03 Å². The molecular formula is C19H29N3O3. The number of benzene rings is 1. The van der Waals surface area contributed by atoms with Crippen LogP contribution in [-0.2, 0) is 6.42 Å². The van der Waals surface area contributed by atoms with E-state index in [1.165, 1.54) is 5.56 Å². The molecule has 25 heavy (non-hydrogen) atoms. The maximum absolute atomic E-state index is 12.3. The summed E-state index contributed by atoms with van der Waals surface area (Å²) >= 11 is 0. The fraction of sp³-hybridized carbons (Fsp3) is 0.632. The lowest BCUT2D eigenvalue weighted by Gasteiger charge is -2.21. The second kappa shape index (κ2) is 7.52. The lowest BCUT2D eigenvalue weighted by Crippen LogP contribution is -2.43. The number of ether oxygens (including phenoxy) is 2. The second-order valence-corrected chi connectivity index (χ2v) is 7.51. The van der Waals surface area contributed by atoms with Gasteiger partial charge in [0.15, 0.2) is 11.5 Å². The molecule has 0 aromatic heterocycles. The number of nitrogens with one attached hydrogen (secondary N) is 1. The van der Waals surface area contributed by atoms with Gasteiger partial charge in [0.05, 0.1) is 6.54 Å². The van der Waals surface area contributed by atoms with Crippen molar-refractivity contribution in [3.8, 4) is 11.5 Å². The van der Waals surface area contributed by atoms with E-state index in [1.54, 1.807) is 0 Å². The zero-order valence-electron chi connectivity index (χ0n) is 15.5. The Morgan fingerprint density at radius 3 is 2.96 bits per heavy atom. The molecule has 0 unspecified atom stereocenters. The van der Waals surface area contributed by atoms with Crippen LogP contribution in [0, 0.1) is 0 Å². The number of fused-ring (bicyclic) bond motifs is 1. The van der Waals surface area contributed by atoms with E-state index in [0.717, 1.165) is 50.5 Å². The van der Waals surface area contributed by atoms with E-state index in [0.29, 0.717) is 13.2 Å². The fourth-order valence-corrected chi connectivity index (χ4v) is 3.38. The van der Waals surface area contributed by atoms with Gasteiger partial charge in [-0.3, -0.25) is 0 Å². The smallest absolute Gasteiger partial charge is 0.317 e. The number of para-hydroxylation sites is 1. The minimum absolute atomic E-state index is 0.00502. The van der Waals surface area contributed by atoms with Crippen molar-refractivity contribution >= 4 is 6.03 Å². The number of urea groups is 1. The van der Waals surface area contributed by atoms with Crippen LogP contribution in [0.1, 0.15) is 25.8 Å². The predicted octanol–water partition coefficient (Wildman–Crippen LogP) is 2.13. The van der Waals surface area contributed by atoms with Gasteiger partial charge in [-0.05, 0) is 39.9 Å². The number of carbonyl (C=O) groups excluding carboxylic acids is 1. The van der Waals surface area contributed by atoms with Crippen LogP contribution in [0.4, 0.5) is 4.79 Å². The third-order valence-electron chi connectivity index (χ3n) is 4.70. The van der Waals surface area contributed by atoms with Crippen molar-refractivity contribution in [2.24, 2.45) is 0 Å². The van der Waals surface area contributed by atoms with Gasteiger partial charge in [-0.2, -0.15) is 0 Å². The Bertz CT molecular complexity index is 618. The van der Waals surface area contributed by atoms with Crippen molar-refractivity contribution < 1.29 is 14.3 Å². The van der Waals surface area contributed by atoms with Crippen molar-refractivity contribution in [3.05, 3.63) is 23.8 Å². The molecule has 6 heteroatoms. The van der Waals surface area contributed by atoms with Crippen LogP contribution >= 0.6 is 0 Å². The van der Waals surface area contributed by atoms with E-state index in [1.807, 2.05) is 17.0 Å². The van der Waals surface area contributed by atoms with Gasteiger partial charge in [0.2, 0.25) is 0 Å². The quantitative estimate of drug-likeness (QED) is 0.848. The summed E-state index contributed by atoms with van der Waals surface area (Å²) in [5, 5.41) is 2.95. The number of amides is 2. The predicted molar refractivity (Wildman–Crippen MR) is 97.4 cm³/mol.